The number of hydrogen-bond donors (Lipinski definition) is 1. The molecular formula is C28H35NO6. The second kappa shape index (κ2) is 15.3. The molecule has 35 heavy (non-hydrogen) atoms. The van der Waals surface area contributed by atoms with Gasteiger partial charge >= 0.3 is 5.97 Å². The van der Waals surface area contributed by atoms with E-state index in [1.807, 2.05) is 42.5 Å². The van der Waals surface area contributed by atoms with E-state index < -0.39 is 6.10 Å². The fraction of sp³-hybridized carbons (Fsp3) is 0.357. The second-order valence-electron chi connectivity index (χ2n) is 7.82. The van der Waals surface area contributed by atoms with E-state index in [2.05, 4.69) is 23.2 Å². The molecular weight excluding hydrogens is 446 g/mol. The summed E-state index contributed by atoms with van der Waals surface area (Å²) >= 11 is 0. The zero-order valence-electron chi connectivity index (χ0n) is 20.5. The van der Waals surface area contributed by atoms with Crippen LogP contribution in [-0.2, 0) is 19.1 Å². The molecule has 7 heteroatoms. The number of esters is 1. The highest BCUT2D eigenvalue weighted by molar-refractivity contribution is 5.95. The topological polar surface area (TPSA) is 83.1 Å². The highest BCUT2D eigenvalue weighted by atomic mass is 16.5. The van der Waals surface area contributed by atoms with Crippen molar-refractivity contribution in [1.29, 1.82) is 0 Å². The Morgan fingerprint density at radius 3 is 2.40 bits per heavy atom. The highest BCUT2D eigenvalue weighted by Crippen LogP contribution is 2.32. The minimum atomic E-state index is -0.690. The van der Waals surface area contributed by atoms with Crippen LogP contribution in [0.2, 0.25) is 0 Å². The molecule has 0 aliphatic heterocycles. The predicted molar refractivity (Wildman–Crippen MR) is 137 cm³/mol. The summed E-state index contributed by atoms with van der Waals surface area (Å²) in [5.74, 6) is 0.744. The molecule has 0 spiro atoms. The van der Waals surface area contributed by atoms with Gasteiger partial charge in [-0.1, -0.05) is 36.4 Å². The van der Waals surface area contributed by atoms with Crippen molar-refractivity contribution in [1.82, 2.24) is 0 Å². The van der Waals surface area contributed by atoms with Gasteiger partial charge in [-0.25, -0.2) is 0 Å². The molecule has 0 saturated carbocycles. The van der Waals surface area contributed by atoms with Gasteiger partial charge in [0.2, 0.25) is 0 Å². The van der Waals surface area contributed by atoms with Gasteiger partial charge in [-0.2, -0.15) is 0 Å². The number of carbonyl (C=O) groups excluding carboxylic acids is 2. The number of carbonyl (C=O) groups is 2. The van der Waals surface area contributed by atoms with Crippen molar-refractivity contribution in [3.05, 3.63) is 79.4 Å². The maximum atomic E-state index is 13.1. The summed E-state index contributed by atoms with van der Waals surface area (Å²) in [5, 5.41) is 2.94. The molecule has 2 aromatic carbocycles. The Morgan fingerprint density at radius 1 is 1.00 bits per heavy atom. The Morgan fingerprint density at radius 2 is 1.74 bits per heavy atom. The molecule has 0 aromatic heterocycles. The zero-order chi connectivity index (χ0) is 25.5. The number of rotatable bonds is 16. The summed E-state index contributed by atoms with van der Waals surface area (Å²) in [6, 6.07) is 14.9. The Balaban J connectivity index is 2.11. The SMILES string of the molecule is C=CCOC(CCCCC(=O)OC)C(=O)Nc1ccccc1OC(CC=C)c1ccc(OC)cc1. The van der Waals surface area contributed by atoms with Crippen LogP contribution in [0.1, 0.15) is 43.8 Å². The van der Waals surface area contributed by atoms with Crippen molar-refractivity contribution in [2.75, 3.05) is 26.1 Å². The Labute approximate surface area is 207 Å². The van der Waals surface area contributed by atoms with Crippen molar-refractivity contribution in [2.45, 2.75) is 44.3 Å². The van der Waals surface area contributed by atoms with Gasteiger partial charge in [0.05, 0.1) is 26.5 Å². The lowest BCUT2D eigenvalue weighted by Gasteiger charge is -2.22. The summed E-state index contributed by atoms with van der Waals surface area (Å²) in [7, 11) is 2.98. The molecule has 2 atom stereocenters. The first-order valence-electron chi connectivity index (χ1n) is 11.6. The Hall–Kier alpha value is -3.58. The van der Waals surface area contributed by atoms with Crippen molar-refractivity contribution < 1.29 is 28.5 Å². The van der Waals surface area contributed by atoms with E-state index in [0.29, 0.717) is 43.5 Å². The zero-order valence-corrected chi connectivity index (χ0v) is 20.5. The van der Waals surface area contributed by atoms with Crippen molar-refractivity contribution in [3.63, 3.8) is 0 Å². The van der Waals surface area contributed by atoms with E-state index in [-0.39, 0.29) is 24.6 Å². The molecule has 1 N–H and O–H groups in total. The van der Waals surface area contributed by atoms with Crippen LogP contribution in [0.15, 0.2) is 73.8 Å². The fourth-order valence-electron chi connectivity index (χ4n) is 3.44. The predicted octanol–water partition coefficient (Wildman–Crippen LogP) is 5.63. The molecule has 188 valence electrons. The van der Waals surface area contributed by atoms with Gasteiger partial charge < -0.3 is 24.3 Å². The maximum Gasteiger partial charge on any atom is 0.305 e. The molecule has 0 bridgehead atoms. The quantitative estimate of drug-likeness (QED) is 0.190. The van der Waals surface area contributed by atoms with Gasteiger partial charge in [0, 0.05) is 12.8 Å². The van der Waals surface area contributed by atoms with E-state index in [1.165, 1.54) is 7.11 Å². The fourth-order valence-corrected chi connectivity index (χ4v) is 3.44. The van der Waals surface area contributed by atoms with Crippen LogP contribution < -0.4 is 14.8 Å². The number of unbranched alkanes of at least 4 members (excludes halogenated alkanes) is 1. The van der Waals surface area contributed by atoms with Gasteiger partial charge in [-0.3, -0.25) is 9.59 Å². The first kappa shape index (κ1) is 27.7. The third-order valence-electron chi connectivity index (χ3n) is 5.32. The van der Waals surface area contributed by atoms with Gasteiger partial charge in [0.15, 0.2) is 0 Å². The van der Waals surface area contributed by atoms with Crippen LogP contribution in [0, 0.1) is 0 Å². The minimum Gasteiger partial charge on any atom is -0.497 e. The number of anilines is 1. The van der Waals surface area contributed by atoms with Crippen molar-refractivity contribution >= 4 is 17.6 Å². The largest absolute Gasteiger partial charge is 0.497 e. The molecule has 0 aliphatic carbocycles. The van der Waals surface area contributed by atoms with Crippen LogP contribution in [0.3, 0.4) is 0 Å². The summed E-state index contributed by atoms with van der Waals surface area (Å²) in [4.78, 5) is 24.4. The maximum absolute atomic E-state index is 13.1. The smallest absolute Gasteiger partial charge is 0.305 e. The number of nitrogens with one attached hydrogen (secondary N) is 1. The first-order valence-corrected chi connectivity index (χ1v) is 11.6. The molecule has 2 rings (SSSR count). The molecule has 0 heterocycles. The number of hydrogen-bond acceptors (Lipinski definition) is 6. The van der Waals surface area contributed by atoms with Crippen LogP contribution >= 0.6 is 0 Å². The van der Waals surface area contributed by atoms with Gasteiger partial charge in [-0.15, -0.1) is 13.2 Å². The van der Waals surface area contributed by atoms with Gasteiger partial charge in [0.1, 0.15) is 23.7 Å². The molecule has 1 amide bonds. The monoisotopic (exact) mass is 481 g/mol. The van der Waals surface area contributed by atoms with E-state index in [4.69, 9.17) is 14.2 Å². The van der Waals surface area contributed by atoms with Crippen LogP contribution in [0.5, 0.6) is 11.5 Å². The third kappa shape index (κ3) is 9.29. The lowest BCUT2D eigenvalue weighted by atomic mass is 10.1. The van der Waals surface area contributed by atoms with Crippen LogP contribution in [-0.4, -0.2) is 38.8 Å². The summed E-state index contributed by atoms with van der Waals surface area (Å²) in [5.41, 5.74) is 1.51. The van der Waals surface area contributed by atoms with E-state index in [9.17, 15) is 9.59 Å². The Kier molecular flexibility index (Phi) is 12.1. The van der Waals surface area contributed by atoms with Crippen LogP contribution in [0.4, 0.5) is 5.69 Å². The molecule has 0 aliphatic rings. The van der Waals surface area contributed by atoms with Crippen molar-refractivity contribution in [3.8, 4) is 11.5 Å². The average Bonchev–Trinajstić information content (AvgIpc) is 2.88. The van der Waals surface area contributed by atoms with E-state index in [1.54, 1.807) is 25.3 Å². The number of ether oxygens (including phenoxy) is 4. The molecule has 2 unspecified atom stereocenters. The molecule has 2 aromatic rings. The third-order valence-corrected chi connectivity index (χ3v) is 5.32. The van der Waals surface area contributed by atoms with E-state index >= 15 is 0 Å². The first-order chi connectivity index (χ1) is 17.0. The molecule has 0 fully saturated rings. The minimum absolute atomic E-state index is 0.242. The number of amides is 1. The average molecular weight is 482 g/mol. The molecule has 0 radical (unpaired) electrons. The molecule has 7 nitrogen and oxygen atoms in total. The summed E-state index contributed by atoms with van der Waals surface area (Å²) in [6.07, 6.45) is 5.01. The summed E-state index contributed by atoms with van der Waals surface area (Å²) in [6.45, 7) is 7.75. The highest BCUT2D eigenvalue weighted by Gasteiger charge is 2.21. The van der Waals surface area contributed by atoms with Crippen LogP contribution in [0.25, 0.3) is 0 Å². The summed E-state index contributed by atoms with van der Waals surface area (Å²) < 4.78 is 21.9. The normalized spacial score (nSPS) is 12.2. The lowest BCUT2D eigenvalue weighted by Crippen LogP contribution is -2.31. The van der Waals surface area contributed by atoms with E-state index in [0.717, 1.165) is 11.3 Å². The number of methoxy groups -OCH3 is 2. The lowest BCUT2D eigenvalue weighted by molar-refractivity contribution is -0.140. The standard InChI is InChI=1S/C28H35NO6/c1-5-11-24(21-16-18-22(32-3)19-17-21)35-25-13-8-7-12-23(25)29-28(31)26(34-20-6-2)14-9-10-15-27(30)33-4/h5-8,12-13,16-19,24,26H,1-2,9-11,14-15,20H2,3-4H3,(H,29,31). The number of benzene rings is 2. The second-order valence-corrected chi connectivity index (χ2v) is 7.82. The number of para-hydroxylation sites is 2. The van der Waals surface area contributed by atoms with Gasteiger partial charge in [-0.05, 0) is 49.1 Å². The Bertz CT molecular complexity index is 956. The van der Waals surface area contributed by atoms with Gasteiger partial charge in [0.25, 0.3) is 5.91 Å². The van der Waals surface area contributed by atoms with Crippen molar-refractivity contribution in [2.24, 2.45) is 0 Å². The molecule has 0 saturated heterocycles.